The molecule has 5 nitrogen and oxygen atoms in total. The van der Waals surface area contributed by atoms with E-state index in [1.807, 2.05) is 41.6 Å². The summed E-state index contributed by atoms with van der Waals surface area (Å²) in [5, 5.41) is 1.14. The highest BCUT2D eigenvalue weighted by atomic mass is 16.2. The van der Waals surface area contributed by atoms with Gasteiger partial charge in [0.2, 0.25) is 0 Å². The van der Waals surface area contributed by atoms with E-state index in [-0.39, 0.29) is 5.91 Å². The summed E-state index contributed by atoms with van der Waals surface area (Å²) in [5.41, 5.74) is 1.79. The highest BCUT2D eigenvalue weighted by Gasteiger charge is 2.29. The third-order valence-electron chi connectivity index (χ3n) is 6.30. The van der Waals surface area contributed by atoms with Crippen LogP contribution in [0.1, 0.15) is 54.2 Å². The highest BCUT2D eigenvalue weighted by molar-refractivity contribution is 5.98. The number of carbonyl (C=O) groups excluding carboxylic acids is 1. The number of carbonyl (C=O) groups is 1. The lowest BCUT2D eigenvalue weighted by atomic mass is 9.85. The Morgan fingerprint density at radius 2 is 2.11 bits per heavy atom. The van der Waals surface area contributed by atoms with Crippen molar-refractivity contribution in [2.75, 3.05) is 13.1 Å². The minimum absolute atomic E-state index is 0.133. The Hall–Kier alpha value is -2.56. The van der Waals surface area contributed by atoms with Gasteiger partial charge in [-0.2, -0.15) is 0 Å². The van der Waals surface area contributed by atoms with Gasteiger partial charge < -0.3 is 14.5 Å². The molecule has 1 saturated carbocycles. The quantitative estimate of drug-likeness (QED) is 0.757. The first-order valence-electron chi connectivity index (χ1n) is 10.2. The molecular formula is C22H26N4O. The first-order valence-corrected chi connectivity index (χ1v) is 10.2. The normalized spacial score (nSPS) is 20.7. The van der Waals surface area contributed by atoms with E-state index in [0.29, 0.717) is 5.92 Å². The van der Waals surface area contributed by atoms with E-state index in [9.17, 15) is 4.79 Å². The fourth-order valence-electron chi connectivity index (χ4n) is 4.52. The van der Waals surface area contributed by atoms with E-state index >= 15 is 0 Å². The Kier molecular flexibility index (Phi) is 4.23. The fraction of sp³-hybridized carbons (Fsp3) is 0.455. The largest absolute Gasteiger partial charge is 0.361 e. The first-order chi connectivity index (χ1) is 13.3. The van der Waals surface area contributed by atoms with Crippen LogP contribution in [-0.2, 0) is 6.54 Å². The predicted octanol–water partition coefficient (Wildman–Crippen LogP) is 4.18. The number of aromatic amines is 1. The lowest BCUT2D eigenvalue weighted by molar-refractivity contribution is 0.0702. The Labute approximate surface area is 159 Å². The number of amides is 1. The number of likely N-dealkylation sites (tertiary alicyclic amines) is 1. The van der Waals surface area contributed by atoms with Gasteiger partial charge in [0.15, 0.2) is 0 Å². The van der Waals surface area contributed by atoms with Crippen molar-refractivity contribution in [2.24, 2.45) is 5.92 Å². The van der Waals surface area contributed by atoms with E-state index in [0.717, 1.165) is 54.9 Å². The second kappa shape index (κ2) is 6.87. The smallest absolute Gasteiger partial charge is 0.253 e. The number of hydrogen-bond donors (Lipinski definition) is 1. The molecule has 1 saturated heterocycles. The van der Waals surface area contributed by atoms with Crippen LogP contribution in [-0.4, -0.2) is 38.4 Å². The number of imidazole rings is 1. The minimum atomic E-state index is 0.133. The summed E-state index contributed by atoms with van der Waals surface area (Å²) in [6.45, 7) is 2.69. The first kappa shape index (κ1) is 16.6. The molecule has 1 aliphatic carbocycles. The van der Waals surface area contributed by atoms with Gasteiger partial charge in [-0.3, -0.25) is 4.79 Å². The van der Waals surface area contributed by atoms with Crippen molar-refractivity contribution in [3.63, 3.8) is 0 Å². The molecular weight excluding hydrogens is 336 g/mol. The van der Waals surface area contributed by atoms with Gasteiger partial charge in [-0.1, -0.05) is 12.5 Å². The second-order valence-electron chi connectivity index (χ2n) is 8.10. The molecule has 0 bridgehead atoms. The number of rotatable bonds is 4. The summed E-state index contributed by atoms with van der Waals surface area (Å²) in [4.78, 5) is 23.0. The van der Waals surface area contributed by atoms with Crippen LogP contribution in [0.4, 0.5) is 0 Å². The molecule has 5 rings (SSSR count). The number of hydrogen-bond acceptors (Lipinski definition) is 2. The van der Waals surface area contributed by atoms with Gasteiger partial charge in [-0.05, 0) is 55.2 Å². The van der Waals surface area contributed by atoms with E-state index in [2.05, 4.69) is 20.7 Å². The molecule has 27 heavy (non-hydrogen) atoms. The Morgan fingerprint density at radius 1 is 1.19 bits per heavy atom. The maximum atomic E-state index is 13.1. The number of nitrogens with zero attached hydrogens (tertiary/aromatic N) is 3. The Bertz CT molecular complexity index is 952. The van der Waals surface area contributed by atoms with Gasteiger partial charge in [-0.25, -0.2) is 4.98 Å². The van der Waals surface area contributed by atoms with Crippen molar-refractivity contribution < 1.29 is 4.79 Å². The number of H-pyrrole nitrogens is 1. The molecule has 1 aliphatic heterocycles. The molecule has 3 aromatic rings. The fourth-order valence-corrected chi connectivity index (χ4v) is 4.52. The van der Waals surface area contributed by atoms with Crippen LogP contribution in [0.2, 0.25) is 0 Å². The maximum absolute atomic E-state index is 13.1. The number of piperidine rings is 1. The van der Waals surface area contributed by atoms with Crippen molar-refractivity contribution in [3.8, 4) is 0 Å². The Balaban J connectivity index is 1.33. The van der Waals surface area contributed by atoms with Gasteiger partial charge in [0, 0.05) is 55.2 Å². The molecule has 1 N–H and O–H groups in total. The topological polar surface area (TPSA) is 53.9 Å². The molecule has 0 radical (unpaired) electrons. The van der Waals surface area contributed by atoms with Gasteiger partial charge in [0.1, 0.15) is 5.82 Å². The van der Waals surface area contributed by atoms with Gasteiger partial charge in [-0.15, -0.1) is 0 Å². The van der Waals surface area contributed by atoms with Crippen LogP contribution in [0.5, 0.6) is 0 Å². The van der Waals surface area contributed by atoms with Gasteiger partial charge >= 0.3 is 0 Å². The SMILES string of the molecule is O=C(c1ccc2cc[nH]c2c1)N1CCC[C@@H](c2nccn2CC2CCC2)C1. The molecule has 2 aliphatic rings. The molecule has 140 valence electrons. The molecule has 0 unspecified atom stereocenters. The third-order valence-corrected chi connectivity index (χ3v) is 6.30. The lowest BCUT2D eigenvalue weighted by Gasteiger charge is -2.33. The van der Waals surface area contributed by atoms with E-state index in [1.165, 1.54) is 25.1 Å². The summed E-state index contributed by atoms with van der Waals surface area (Å²) < 4.78 is 2.34. The average Bonchev–Trinajstić information content (AvgIpc) is 3.32. The predicted molar refractivity (Wildman–Crippen MR) is 106 cm³/mol. The highest BCUT2D eigenvalue weighted by Crippen LogP contribution is 2.31. The zero-order valence-corrected chi connectivity index (χ0v) is 15.6. The number of nitrogens with one attached hydrogen (secondary N) is 1. The number of fused-ring (bicyclic) bond motifs is 1. The summed E-state index contributed by atoms with van der Waals surface area (Å²) in [5.74, 6) is 2.45. The van der Waals surface area contributed by atoms with Crippen molar-refractivity contribution in [1.82, 2.24) is 19.4 Å². The number of benzene rings is 1. The molecule has 1 aromatic carbocycles. The maximum Gasteiger partial charge on any atom is 0.253 e. The summed E-state index contributed by atoms with van der Waals surface area (Å²) >= 11 is 0. The second-order valence-corrected chi connectivity index (χ2v) is 8.10. The zero-order valence-electron chi connectivity index (χ0n) is 15.6. The van der Waals surface area contributed by atoms with Gasteiger partial charge in [0.05, 0.1) is 0 Å². The van der Waals surface area contributed by atoms with Crippen molar-refractivity contribution >= 4 is 16.8 Å². The molecule has 2 aromatic heterocycles. The molecule has 3 heterocycles. The number of aromatic nitrogens is 3. The standard InChI is InChI=1S/C22H26N4O/c27-22(18-7-6-17-8-9-23-20(17)13-18)26-11-2-5-19(15-26)21-24-10-12-25(21)14-16-3-1-4-16/h6-10,12-13,16,19,23H,1-5,11,14-15H2/t19-/m1/s1. The van der Waals surface area contributed by atoms with Crippen LogP contribution in [0.3, 0.4) is 0 Å². The van der Waals surface area contributed by atoms with Crippen LogP contribution in [0.25, 0.3) is 10.9 Å². The average molecular weight is 362 g/mol. The summed E-state index contributed by atoms with van der Waals surface area (Å²) in [7, 11) is 0. The van der Waals surface area contributed by atoms with Crippen molar-refractivity contribution in [1.29, 1.82) is 0 Å². The summed E-state index contributed by atoms with van der Waals surface area (Å²) in [6, 6.07) is 7.97. The van der Waals surface area contributed by atoms with E-state index in [1.54, 1.807) is 0 Å². The summed E-state index contributed by atoms with van der Waals surface area (Å²) in [6.07, 6.45) is 12.2. The third kappa shape index (κ3) is 3.15. The van der Waals surface area contributed by atoms with E-state index < -0.39 is 0 Å². The van der Waals surface area contributed by atoms with Crippen molar-refractivity contribution in [3.05, 3.63) is 54.2 Å². The van der Waals surface area contributed by atoms with Gasteiger partial charge in [0.25, 0.3) is 5.91 Å². The Morgan fingerprint density at radius 3 is 2.96 bits per heavy atom. The molecule has 5 heteroatoms. The molecule has 2 fully saturated rings. The van der Waals surface area contributed by atoms with Crippen LogP contribution >= 0.6 is 0 Å². The van der Waals surface area contributed by atoms with Crippen LogP contribution < -0.4 is 0 Å². The monoisotopic (exact) mass is 362 g/mol. The lowest BCUT2D eigenvalue weighted by Crippen LogP contribution is -2.40. The molecule has 1 atom stereocenters. The zero-order chi connectivity index (χ0) is 18.2. The molecule has 1 amide bonds. The van der Waals surface area contributed by atoms with Crippen LogP contribution in [0.15, 0.2) is 42.9 Å². The van der Waals surface area contributed by atoms with Crippen LogP contribution in [0, 0.1) is 5.92 Å². The molecule has 0 spiro atoms. The van der Waals surface area contributed by atoms with Crippen molar-refractivity contribution in [2.45, 2.75) is 44.6 Å². The minimum Gasteiger partial charge on any atom is -0.361 e. The van der Waals surface area contributed by atoms with E-state index in [4.69, 9.17) is 0 Å².